The van der Waals surface area contributed by atoms with E-state index in [1.165, 1.54) is 12.1 Å². The van der Waals surface area contributed by atoms with Gasteiger partial charge in [-0.25, -0.2) is 0 Å². The minimum Gasteiger partial charge on any atom is -0.480 e. The maximum atomic E-state index is 12.0. The van der Waals surface area contributed by atoms with Gasteiger partial charge in [0.1, 0.15) is 6.04 Å². The third-order valence-electron chi connectivity index (χ3n) is 5.92. The molecule has 1 aliphatic heterocycles. The number of non-ortho nitro benzene ring substituents is 1. The van der Waals surface area contributed by atoms with E-state index < -0.39 is 28.9 Å². The number of benzene rings is 1. The average molecular weight is 481 g/mol. The molecule has 12 nitrogen and oxygen atoms in total. The number of carboxylic acid groups (broad SMARTS) is 3. The SMILES string of the molecule is O=C(O)CN1CCN(CC(=O)O)CCN(C(CCCCc2ccc([N+](=O)[O-])cc2)C(=O)O)CC1. The van der Waals surface area contributed by atoms with Gasteiger partial charge in [0.05, 0.1) is 18.0 Å². The van der Waals surface area contributed by atoms with Crippen LogP contribution in [0.1, 0.15) is 24.8 Å². The lowest BCUT2D eigenvalue weighted by Gasteiger charge is -2.30. The number of carboxylic acids is 3. The summed E-state index contributed by atoms with van der Waals surface area (Å²) in [5, 5.41) is 38.9. The van der Waals surface area contributed by atoms with Crippen LogP contribution < -0.4 is 0 Å². The summed E-state index contributed by atoms with van der Waals surface area (Å²) in [5.74, 6) is -2.95. The van der Waals surface area contributed by atoms with Crippen LogP contribution >= 0.6 is 0 Å². The number of unbranched alkanes of at least 4 members (excludes halogenated alkanes) is 1. The van der Waals surface area contributed by atoms with Gasteiger partial charge in [-0.15, -0.1) is 0 Å². The third kappa shape index (κ3) is 9.41. The van der Waals surface area contributed by atoms with Gasteiger partial charge in [0.25, 0.3) is 5.69 Å². The number of aryl methyl sites for hydroxylation is 1. The van der Waals surface area contributed by atoms with E-state index in [0.29, 0.717) is 65.0 Å². The van der Waals surface area contributed by atoms with Crippen molar-refractivity contribution in [3.63, 3.8) is 0 Å². The summed E-state index contributed by atoms with van der Waals surface area (Å²) in [6.07, 6.45) is 2.40. The maximum absolute atomic E-state index is 12.0. The molecule has 1 saturated heterocycles. The number of nitro groups is 1. The summed E-state index contributed by atoms with van der Waals surface area (Å²) in [5.41, 5.74) is 0.963. The molecule has 2 rings (SSSR count). The lowest BCUT2D eigenvalue weighted by atomic mass is 10.0. The first kappa shape index (κ1) is 27.2. The summed E-state index contributed by atoms with van der Waals surface area (Å²) in [4.78, 5) is 49.9. The minimum absolute atomic E-state index is 0.0246. The van der Waals surface area contributed by atoms with Gasteiger partial charge in [-0.05, 0) is 24.8 Å². The highest BCUT2D eigenvalue weighted by Gasteiger charge is 2.28. The van der Waals surface area contributed by atoms with Crippen molar-refractivity contribution in [3.05, 3.63) is 39.9 Å². The molecule has 3 N–H and O–H groups in total. The normalized spacial score (nSPS) is 17.3. The van der Waals surface area contributed by atoms with Gasteiger partial charge in [0, 0.05) is 51.4 Å². The topological polar surface area (TPSA) is 165 Å². The van der Waals surface area contributed by atoms with Gasteiger partial charge in [-0.3, -0.25) is 39.2 Å². The highest BCUT2D eigenvalue weighted by molar-refractivity contribution is 5.73. The molecule has 0 aromatic heterocycles. The third-order valence-corrected chi connectivity index (χ3v) is 5.92. The fraction of sp³-hybridized carbons (Fsp3) is 0.591. The van der Waals surface area contributed by atoms with E-state index in [4.69, 9.17) is 10.2 Å². The molecular weight excluding hydrogens is 448 g/mol. The summed E-state index contributed by atoms with van der Waals surface area (Å²) in [6.45, 7) is 1.88. The van der Waals surface area contributed by atoms with E-state index >= 15 is 0 Å². The quantitative estimate of drug-likeness (QED) is 0.221. The Kier molecular flexibility index (Phi) is 10.8. The molecule has 1 atom stereocenters. The van der Waals surface area contributed by atoms with Crippen LogP contribution in [0.5, 0.6) is 0 Å². The first-order valence-electron chi connectivity index (χ1n) is 11.2. The first-order valence-corrected chi connectivity index (χ1v) is 11.2. The second-order valence-electron chi connectivity index (χ2n) is 8.40. The van der Waals surface area contributed by atoms with Crippen LogP contribution in [0.25, 0.3) is 0 Å². The summed E-state index contributed by atoms with van der Waals surface area (Å²) in [6, 6.07) is 5.52. The number of rotatable bonds is 12. The van der Waals surface area contributed by atoms with E-state index in [9.17, 15) is 29.6 Å². The first-order chi connectivity index (χ1) is 16.2. The highest BCUT2D eigenvalue weighted by atomic mass is 16.6. The Hall–Kier alpha value is -3.09. The maximum Gasteiger partial charge on any atom is 0.320 e. The smallest absolute Gasteiger partial charge is 0.320 e. The van der Waals surface area contributed by atoms with E-state index in [0.717, 1.165) is 5.56 Å². The molecule has 1 unspecified atom stereocenters. The fourth-order valence-corrected chi connectivity index (χ4v) is 4.08. The lowest BCUT2D eigenvalue weighted by molar-refractivity contribution is -0.384. The average Bonchev–Trinajstić information content (AvgIpc) is 2.85. The molecule has 1 fully saturated rings. The largest absolute Gasteiger partial charge is 0.480 e. The van der Waals surface area contributed by atoms with Crippen LogP contribution in [0.15, 0.2) is 24.3 Å². The molecule has 0 radical (unpaired) electrons. The lowest BCUT2D eigenvalue weighted by Crippen LogP contribution is -2.47. The van der Waals surface area contributed by atoms with Crippen LogP contribution in [0.3, 0.4) is 0 Å². The zero-order chi connectivity index (χ0) is 25.1. The number of hydrogen-bond acceptors (Lipinski definition) is 8. The molecule has 1 aromatic carbocycles. The number of aliphatic carboxylic acids is 3. The van der Waals surface area contributed by atoms with Gasteiger partial charge in [-0.2, -0.15) is 0 Å². The van der Waals surface area contributed by atoms with Crippen LogP contribution in [-0.4, -0.2) is 111 Å². The van der Waals surface area contributed by atoms with Gasteiger partial charge >= 0.3 is 17.9 Å². The summed E-state index contributed by atoms with van der Waals surface area (Å²) in [7, 11) is 0. The number of nitro benzene ring substituents is 1. The van der Waals surface area contributed by atoms with E-state index in [1.807, 2.05) is 0 Å². The monoisotopic (exact) mass is 480 g/mol. The minimum atomic E-state index is -0.989. The molecule has 12 heteroatoms. The summed E-state index contributed by atoms with van der Waals surface area (Å²) < 4.78 is 0. The molecule has 0 aliphatic carbocycles. The summed E-state index contributed by atoms with van der Waals surface area (Å²) >= 11 is 0. The molecule has 0 amide bonds. The standard InChI is InChI=1S/C22H32N4O8/c27-20(28)15-23-9-10-24(16-21(29)30)12-14-25(13-11-23)19(22(31)32)4-2-1-3-17-5-7-18(8-6-17)26(33)34/h5-8,19H,1-4,9-16H2,(H,27,28)(H,29,30)(H,31,32). The van der Waals surface area contributed by atoms with Crippen molar-refractivity contribution in [2.75, 3.05) is 52.4 Å². The van der Waals surface area contributed by atoms with E-state index in [1.54, 1.807) is 26.8 Å². The van der Waals surface area contributed by atoms with Crippen LogP contribution in [0, 0.1) is 10.1 Å². The molecule has 0 saturated carbocycles. The van der Waals surface area contributed by atoms with Gasteiger partial charge in [-0.1, -0.05) is 18.6 Å². The molecule has 0 bridgehead atoms. The van der Waals surface area contributed by atoms with E-state index in [2.05, 4.69) is 0 Å². The van der Waals surface area contributed by atoms with E-state index in [-0.39, 0.29) is 18.8 Å². The molecular formula is C22H32N4O8. The van der Waals surface area contributed by atoms with Crippen molar-refractivity contribution >= 4 is 23.6 Å². The molecule has 1 aliphatic rings. The van der Waals surface area contributed by atoms with Gasteiger partial charge in [0.15, 0.2) is 0 Å². The zero-order valence-electron chi connectivity index (χ0n) is 19.0. The molecule has 1 aromatic rings. The predicted octanol–water partition coefficient (Wildman–Crippen LogP) is 0.850. The second-order valence-corrected chi connectivity index (χ2v) is 8.40. The van der Waals surface area contributed by atoms with Crippen LogP contribution in [-0.2, 0) is 20.8 Å². The number of nitrogens with zero attached hydrogens (tertiary/aromatic N) is 4. The fourth-order valence-electron chi connectivity index (χ4n) is 4.08. The number of hydrogen-bond donors (Lipinski definition) is 3. The van der Waals surface area contributed by atoms with Crippen molar-refractivity contribution < 1.29 is 34.6 Å². The second kappa shape index (κ2) is 13.6. The molecule has 0 spiro atoms. The molecule has 188 valence electrons. The Morgan fingerprint density at radius 1 is 0.853 bits per heavy atom. The Bertz CT molecular complexity index is 820. The number of carbonyl (C=O) groups is 3. The Morgan fingerprint density at radius 2 is 1.35 bits per heavy atom. The van der Waals surface area contributed by atoms with Crippen molar-refractivity contribution in [2.24, 2.45) is 0 Å². The Balaban J connectivity index is 1.98. The van der Waals surface area contributed by atoms with Crippen molar-refractivity contribution in [1.29, 1.82) is 0 Å². The van der Waals surface area contributed by atoms with Crippen LogP contribution in [0.2, 0.25) is 0 Å². The molecule has 1 heterocycles. The Morgan fingerprint density at radius 3 is 1.79 bits per heavy atom. The zero-order valence-corrected chi connectivity index (χ0v) is 19.0. The van der Waals surface area contributed by atoms with Gasteiger partial charge in [0.2, 0.25) is 0 Å². The van der Waals surface area contributed by atoms with Gasteiger partial charge < -0.3 is 15.3 Å². The molecule has 34 heavy (non-hydrogen) atoms. The van der Waals surface area contributed by atoms with Crippen molar-refractivity contribution in [2.45, 2.75) is 31.7 Å². The highest BCUT2D eigenvalue weighted by Crippen LogP contribution is 2.16. The predicted molar refractivity (Wildman–Crippen MR) is 122 cm³/mol. The van der Waals surface area contributed by atoms with Crippen molar-refractivity contribution in [1.82, 2.24) is 14.7 Å². The van der Waals surface area contributed by atoms with Crippen molar-refractivity contribution in [3.8, 4) is 0 Å². The Labute approximate surface area is 197 Å². The van der Waals surface area contributed by atoms with Crippen LogP contribution in [0.4, 0.5) is 5.69 Å².